The maximum Gasteiger partial charge on any atom is 0.339 e. The van der Waals surface area contributed by atoms with Crippen molar-refractivity contribution in [1.82, 2.24) is 5.32 Å². The first-order valence-electron chi connectivity index (χ1n) is 10.0. The lowest BCUT2D eigenvalue weighted by Crippen LogP contribution is -2.25. The van der Waals surface area contributed by atoms with Gasteiger partial charge in [-0.3, -0.25) is 9.52 Å². The van der Waals surface area contributed by atoms with Gasteiger partial charge in [0.15, 0.2) is 0 Å². The average molecular weight is 483 g/mol. The summed E-state index contributed by atoms with van der Waals surface area (Å²) in [5.74, 6) is -2.20. The van der Waals surface area contributed by atoms with Gasteiger partial charge in [-0.05, 0) is 35.9 Å². The third-order valence-corrected chi connectivity index (χ3v) is 6.21. The summed E-state index contributed by atoms with van der Waals surface area (Å²) >= 11 is 0. The summed E-state index contributed by atoms with van der Waals surface area (Å²) in [7, 11) is -2.18. The van der Waals surface area contributed by atoms with Crippen molar-refractivity contribution in [3.8, 4) is 0 Å². The van der Waals surface area contributed by atoms with E-state index in [-0.39, 0.29) is 28.9 Å². The maximum atomic E-state index is 13.3. The first kappa shape index (κ1) is 24.5. The molecular weight excluding hydrogens is 460 g/mol. The molecule has 3 aromatic rings. The number of para-hydroxylation sites is 1. The highest BCUT2D eigenvalue weighted by Gasteiger charge is 2.26. The smallest absolute Gasteiger partial charge is 0.339 e. The van der Waals surface area contributed by atoms with Crippen molar-refractivity contribution in [1.29, 1.82) is 0 Å². The molecule has 1 amide bonds. The van der Waals surface area contributed by atoms with Crippen LogP contribution in [0, 0.1) is 0 Å². The fourth-order valence-corrected chi connectivity index (χ4v) is 4.41. The quantitative estimate of drug-likeness (QED) is 0.473. The molecule has 0 saturated carbocycles. The Labute approximate surface area is 196 Å². The minimum absolute atomic E-state index is 0.00708. The molecular formula is C24H22N2O7S. The van der Waals surface area contributed by atoms with Crippen LogP contribution in [-0.2, 0) is 26.0 Å². The van der Waals surface area contributed by atoms with Gasteiger partial charge in [0.2, 0.25) is 0 Å². The lowest BCUT2D eigenvalue weighted by atomic mass is 10.1. The topological polar surface area (TPSA) is 128 Å². The molecule has 0 unspecified atom stereocenters. The van der Waals surface area contributed by atoms with Gasteiger partial charge in [-0.1, -0.05) is 42.5 Å². The lowest BCUT2D eigenvalue weighted by Gasteiger charge is -2.15. The molecule has 0 aromatic heterocycles. The van der Waals surface area contributed by atoms with Gasteiger partial charge in [0.05, 0.1) is 36.6 Å². The number of esters is 2. The van der Waals surface area contributed by atoms with Crippen LogP contribution in [-0.4, -0.2) is 40.5 Å². The predicted octanol–water partition coefficient (Wildman–Crippen LogP) is 2.99. The van der Waals surface area contributed by atoms with Gasteiger partial charge < -0.3 is 14.8 Å². The van der Waals surface area contributed by atoms with Crippen molar-refractivity contribution < 1.29 is 32.3 Å². The van der Waals surface area contributed by atoms with Crippen LogP contribution in [0.3, 0.4) is 0 Å². The zero-order valence-electron chi connectivity index (χ0n) is 18.4. The SMILES string of the molecule is COC(=O)c1ccc(C(=O)OC)c(S(=O)(=O)Nc2ccccc2C(=O)NCc2ccccc2)c1. The van der Waals surface area contributed by atoms with E-state index in [1.807, 2.05) is 30.3 Å². The van der Waals surface area contributed by atoms with Gasteiger partial charge >= 0.3 is 11.9 Å². The summed E-state index contributed by atoms with van der Waals surface area (Å²) in [6.45, 7) is 0.244. The number of nitrogens with one attached hydrogen (secondary N) is 2. The molecule has 2 N–H and O–H groups in total. The predicted molar refractivity (Wildman–Crippen MR) is 124 cm³/mol. The van der Waals surface area contributed by atoms with Crippen LogP contribution in [0.1, 0.15) is 36.6 Å². The monoisotopic (exact) mass is 482 g/mol. The van der Waals surface area contributed by atoms with Crippen LogP contribution in [0.2, 0.25) is 0 Å². The molecule has 0 bridgehead atoms. The highest BCUT2D eigenvalue weighted by molar-refractivity contribution is 7.92. The van der Waals surface area contributed by atoms with E-state index in [4.69, 9.17) is 0 Å². The van der Waals surface area contributed by atoms with Crippen LogP contribution in [0.15, 0.2) is 77.7 Å². The third-order valence-electron chi connectivity index (χ3n) is 4.81. The van der Waals surface area contributed by atoms with Gasteiger partial charge in [-0.15, -0.1) is 0 Å². The molecule has 0 spiro atoms. The number of rotatable bonds is 8. The van der Waals surface area contributed by atoms with Crippen molar-refractivity contribution >= 4 is 33.6 Å². The molecule has 0 atom stereocenters. The van der Waals surface area contributed by atoms with Crippen molar-refractivity contribution in [3.63, 3.8) is 0 Å². The molecule has 0 fully saturated rings. The second-order valence-electron chi connectivity index (χ2n) is 7.01. The molecule has 10 heteroatoms. The van der Waals surface area contributed by atoms with Gasteiger partial charge in [-0.25, -0.2) is 18.0 Å². The van der Waals surface area contributed by atoms with Crippen molar-refractivity contribution in [2.45, 2.75) is 11.4 Å². The number of sulfonamides is 1. The van der Waals surface area contributed by atoms with E-state index in [9.17, 15) is 22.8 Å². The molecule has 0 heterocycles. The van der Waals surface area contributed by atoms with Crippen LogP contribution >= 0.6 is 0 Å². The van der Waals surface area contributed by atoms with E-state index < -0.39 is 32.8 Å². The Hall–Kier alpha value is -4.18. The van der Waals surface area contributed by atoms with Crippen molar-refractivity contribution in [3.05, 3.63) is 95.1 Å². The van der Waals surface area contributed by atoms with E-state index in [2.05, 4.69) is 19.5 Å². The number of anilines is 1. The van der Waals surface area contributed by atoms with Gasteiger partial charge in [0.25, 0.3) is 15.9 Å². The molecule has 0 radical (unpaired) electrons. The number of hydrogen-bond acceptors (Lipinski definition) is 7. The minimum atomic E-state index is -4.43. The zero-order valence-corrected chi connectivity index (χ0v) is 19.2. The molecule has 34 heavy (non-hydrogen) atoms. The Morgan fingerprint density at radius 2 is 1.44 bits per heavy atom. The normalized spacial score (nSPS) is 10.8. The van der Waals surface area contributed by atoms with E-state index in [1.165, 1.54) is 18.2 Å². The lowest BCUT2D eigenvalue weighted by molar-refractivity contribution is 0.0583. The molecule has 176 valence electrons. The maximum absolute atomic E-state index is 13.3. The fourth-order valence-electron chi connectivity index (χ4n) is 3.11. The van der Waals surface area contributed by atoms with Crippen LogP contribution in [0.5, 0.6) is 0 Å². The second kappa shape index (κ2) is 10.6. The summed E-state index contributed by atoms with van der Waals surface area (Å²) in [6, 6.07) is 18.7. The Kier molecular flexibility index (Phi) is 7.64. The Bertz CT molecular complexity index is 1320. The van der Waals surface area contributed by atoms with Crippen LogP contribution < -0.4 is 10.0 Å². The van der Waals surface area contributed by atoms with E-state index in [0.29, 0.717) is 0 Å². The van der Waals surface area contributed by atoms with Crippen molar-refractivity contribution in [2.75, 3.05) is 18.9 Å². The van der Waals surface area contributed by atoms with Gasteiger partial charge in [-0.2, -0.15) is 0 Å². The molecule has 3 aromatic carbocycles. The first-order valence-corrected chi connectivity index (χ1v) is 11.5. The van der Waals surface area contributed by atoms with Crippen LogP contribution in [0.4, 0.5) is 5.69 Å². The fraction of sp³-hybridized carbons (Fsp3) is 0.125. The number of hydrogen-bond donors (Lipinski definition) is 2. The average Bonchev–Trinajstić information content (AvgIpc) is 2.86. The first-order chi connectivity index (χ1) is 16.3. The molecule has 0 saturated heterocycles. The summed E-state index contributed by atoms with van der Waals surface area (Å²) in [5.41, 5.74) is 0.576. The summed E-state index contributed by atoms with van der Waals surface area (Å²) < 4.78 is 38.2. The summed E-state index contributed by atoms with van der Waals surface area (Å²) in [5, 5.41) is 2.74. The van der Waals surface area contributed by atoms with Crippen LogP contribution in [0.25, 0.3) is 0 Å². The molecule has 9 nitrogen and oxygen atoms in total. The largest absolute Gasteiger partial charge is 0.465 e. The van der Waals surface area contributed by atoms with E-state index in [0.717, 1.165) is 31.9 Å². The molecule has 0 aliphatic heterocycles. The summed E-state index contributed by atoms with van der Waals surface area (Å²) in [4.78, 5) is 36.4. The number of carbonyl (C=O) groups excluding carboxylic acids is 3. The number of benzene rings is 3. The van der Waals surface area contributed by atoms with Crippen molar-refractivity contribution in [2.24, 2.45) is 0 Å². The molecule has 0 aliphatic rings. The number of methoxy groups -OCH3 is 2. The molecule has 0 aliphatic carbocycles. The highest BCUT2D eigenvalue weighted by Crippen LogP contribution is 2.24. The molecule has 3 rings (SSSR count). The Balaban J connectivity index is 1.94. The van der Waals surface area contributed by atoms with E-state index >= 15 is 0 Å². The van der Waals surface area contributed by atoms with E-state index in [1.54, 1.807) is 12.1 Å². The highest BCUT2D eigenvalue weighted by atomic mass is 32.2. The second-order valence-corrected chi connectivity index (χ2v) is 8.66. The minimum Gasteiger partial charge on any atom is -0.465 e. The Morgan fingerprint density at radius 3 is 2.12 bits per heavy atom. The number of ether oxygens (including phenoxy) is 2. The standard InChI is InChI=1S/C24H22N2O7S/c1-32-23(28)17-12-13-19(24(29)33-2)21(14-17)34(30,31)26-20-11-7-6-10-18(20)22(27)25-15-16-8-4-3-5-9-16/h3-14,26H,15H2,1-2H3,(H,25,27). The number of amides is 1. The zero-order chi connectivity index (χ0) is 24.7. The summed E-state index contributed by atoms with van der Waals surface area (Å²) in [6.07, 6.45) is 0. The van der Waals surface area contributed by atoms with Gasteiger partial charge in [0.1, 0.15) is 4.90 Å². The van der Waals surface area contributed by atoms with Gasteiger partial charge in [0, 0.05) is 6.54 Å². The number of carbonyl (C=O) groups is 3. The Morgan fingerprint density at radius 1 is 0.794 bits per heavy atom. The third kappa shape index (κ3) is 5.59.